The summed E-state index contributed by atoms with van der Waals surface area (Å²) >= 11 is 5.90. The Kier molecular flexibility index (Phi) is 6.44. The van der Waals surface area contributed by atoms with Gasteiger partial charge in [-0.1, -0.05) is 6.92 Å². The largest absolute Gasteiger partial charge is 0.354 e. The SMILES string of the molecule is CCCNc1nc(Cl)nc(N(CC)CC(=O)N(C)C)n1. The van der Waals surface area contributed by atoms with Crippen LogP contribution in [0.1, 0.15) is 20.3 Å². The summed E-state index contributed by atoms with van der Waals surface area (Å²) in [6.45, 7) is 5.54. The zero-order chi connectivity index (χ0) is 15.1. The summed E-state index contributed by atoms with van der Waals surface area (Å²) in [5.74, 6) is 0.811. The molecule has 0 aliphatic rings. The number of hydrogen-bond donors (Lipinski definition) is 1. The molecule has 1 aromatic rings. The van der Waals surface area contributed by atoms with Crippen molar-refractivity contribution in [3.8, 4) is 0 Å². The lowest BCUT2D eigenvalue weighted by atomic mass is 10.4. The molecule has 1 amide bonds. The van der Waals surface area contributed by atoms with Gasteiger partial charge in [-0.05, 0) is 24.9 Å². The first-order chi connectivity index (χ1) is 9.47. The number of anilines is 2. The monoisotopic (exact) mass is 300 g/mol. The lowest BCUT2D eigenvalue weighted by molar-refractivity contribution is -0.127. The topological polar surface area (TPSA) is 74.2 Å². The molecule has 20 heavy (non-hydrogen) atoms. The van der Waals surface area contributed by atoms with Gasteiger partial charge in [0.1, 0.15) is 0 Å². The maximum absolute atomic E-state index is 11.8. The Morgan fingerprint density at radius 2 is 1.95 bits per heavy atom. The first-order valence-corrected chi connectivity index (χ1v) is 6.96. The third-order valence-electron chi connectivity index (χ3n) is 2.62. The molecule has 0 aromatic carbocycles. The predicted molar refractivity (Wildman–Crippen MR) is 80.2 cm³/mol. The second-order valence-electron chi connectivity index (χ2n) is 4.46. The van der Waals surface area contributed by atoms with Crippen molar-refractivity contribution in [1.82, 2.24) is 19.9 Å². The smallest absolute Gasteiger partial charge is 0.241 e. The fourth-order valence-electron chi connectivity index (χ4n) is 1.43. The van der Waals surface area contributed by atoms with Crippen LogP contribution in [0, 0.1) is 0 Å². The molecule has 8 heteroatoms. The fourth-order valence-corrected chi connectivity index (χ4v) is 1.58. The Hall–Kier alpha value is -1.63. The third-order valence-corrected chi connectivity index (χ3v) is 2.79. The zero-order valence-corrected chi connectivity index (χ0v) is 13.1. The highest BCUT2D eigenvalue weighted by Gasteiger charge is 2.15. The lowest BCUT2D eigenvalue weighted by Gasteiger charge is -2.22. The quantitative estimate of drug-likeness (QED) is 0.817. The molecule has 0 aliphatic heterocycles. The highest BCUT2D eigenvalue weighted by atomic mass is 35.5. The van der Waals surface area contributed by atoms with E-state index in [4.69, 9.17) is 11.6 Å². The van der Waals surface area contributed by atoms with E-state index in [-0.39, 0.29) is 17.7 Å². The predicted octanol–water partition coefficient (Wildman–Crippen LogP) is 1.26. The summed E-state index contributed by atoms with van der Waals surface area (Å²) in [5, 5.41) is 3.18. The number of halogens is 1. The second kappa shape index (κ2) is 7.84. The number of nitrogens with zero attached hydrogens (tertiary/aromatic N) is 5. The Balaban J connectivity index is 2.90. The molecule has 0 spiro atoms. The Bertz CT molecular complexity index is 454. The molecule has 0 aliphatic carbocycles. The minimum absolute atomic E-state index is 0.0218. The first-order valence-electron chi connectivity index (χ1n) is 6.58. The van der Waals surface area contributed by atoms with Crippen LogP contribution in [0.2, 0.25) is 5.28 Å². The summed E-state index contributed by atoms with van der Waals surface area (Å²) in [5.41, 5.74) is 0. The third kappa shape index (κ3) is 4.80. The number of nitrogens with one attached hydrogen (secondary N) is 1. The average Bonchev–Trinajstić information content (AvgIpc) is 2.41. The molecule has 1 N–H and O–H groups in total. The van der Waals surface area contributed by atoms with Crippen molar-refractivity contribution in [1.29, 1.82) is 0 Å². The second-order valence-corrected chi connectivity index (χ2v) is 4.80. The molecule has 0 fully saturated rings. The van der Waals surface area contributed by atoms with Gasteiger partial charge in [0.05, 0.1) is 6.54 Å². The number of amides is 1. The number of likely N-dealkylation sites (N-methyl/N-ethyl adjacent to an activating group) is 2. The van der Waals surface area contributed by atoms with Crippen LogP contribution in [0.5, 0.6) is 0 Å². The maximum atomic E-state index is 11.8. The van der Waals surface area contributed by atoms with Crippen molar-refractivity contribution in [2.45, 2.75) is 20.3 Å². The summed E-state index contributed by atoms with van der Waals surface area (Å²) in [6.07, 6.45) is 0.954. The van der Waals surface area contributed by atoms with Crippen LogP contribution in [-0.2, 0) is 4.79 Å². The standard InChI is InChI=1S/C12H21ClN6O/c1-5-7-14-11-15-10(13)16-12(17-11)19(6-2)8-9(20)18(3)4/h5-8H2,1-4H3,(H,14,15,16,17). The van der Waals surface area contributed by atoms with Gasteiger partial charge in [-0.25, -0.2) is 0 Å². The molecule has 112 valence electrons. The van der Waals surface area contributed by atoms with Gasteiger partial charge in [-0.2, -0.15) is 15.0 Å². The number of carbonyl (C=O) groups excluding carboxylic acids is 1. The van der Waals surface area contributed by atoms with E-state index in [2.05, 4.69) is 20.3 Å². The van der Waals surface area contributed by atoms with Crippen LogP contribution in [0.25, 0.3) is 0 Å². The van der Waals surface area contributed by atoms with Gasteiger partial charge in [-0.3, -0.25) is 4.79 Å². The van der Waals surface area contributed by atoms with Gasteiger partial charge >= 0.3 is 0 Å². The van der Waals surface area contributed by atoms with E-state index in [1.807, 2.05) is 13.8 Å². The molecule has 1 rings (SSSR count). The van der Waals surface area contributed by atoms with Crippen molar-refractivity contribution >= 4 is 29.4 Å². The molecule has 1 aromatic heterocycles. The molecule has 1 heterocycles. The van der Waals surface area contributed by atoms with Crippen LogP contribution >= 0.6 is 11.6 Å². The maximum Gasteiger partial charge on any atom is 0.241 e. The summed E-state index contributed by atoms with van der Waals surface area (Å²) in [4.78, 5) is 27.5. The molecular weight excluding hydrogens is 280 g/mol. The average molecular weight is 301 g/mol. The van der Waals surface area contributed by atoms with E-state index in [9.17, 15) is 4.79 Å². The molecule has 0 saturated carbocycles. The lowest BCUT2D eigenvalue weighted by Crippen LogP contribution is -2.37. The van der Waals surface area contributed by atoms with Crippen LogP contribution in [0.15, 0.2) is 0 Å². The van der Waals surface area contributed by atoms with Crippen LogP contribution in [-0.4, -0.2) is 59.5 Å². The Labute approximate surface area is 124 Å². The summed E-state index contributed by atoms with van der Waals surface area (Å²) in [6, 6.07) is 0. The minimum atomic E-state index is -0.0218. The van der Waals surface area contributed by atoms with Crippen LogP contribution < -0.4 is 10.2 Å². The van der Waals surface area contributed by atoms with Gasteiger partial charge in [0.15, 0.2) is 0 Å². The van der Waals surface area contributed by atoms with E-state index in [1.54, 1.807) is 19.0 Å². The van der Waals surface area contributed by atoms with E-state index in [0.29, 0.717) is 18.4 Å². The van der Waals surface area contributed by atoms with E-state index < -0.39 is 0 Å². The van der Waals surface area contributed by atoms with E-state index in [1.165, 1.54) is 4.90 Å². The van der Waals surface area contributed by atoms with Gasteiger partial charge in [0.25, 0.3) is 0 Å². The van der Waals surface area contributed by atoms with Crippen LogP contribution in [0.3, 0.4) is 0 Å². The van der Waals surface area contributed by atoms with Gasteiger partial charge < -0.3 is 15.1 Å². The van der Waals surface area contributed by atoms with Gasteiger partial charge in [0.2, 0.25) is 23.1 Å². The zero-order valence-electron chi connectivity index (χ0n) is 12.4. The number of carbonyl (C=O) groups is 1. The first kappa shape index (κ1) is 16.4. The van der Waals surface area contributed by atoms with Crippen molar-refractivity contribution < 1.29 is 4.79 Å². The summed E-state index contributed by atoms with van der Waals surface area (Å²) < 4.78 is 0. The molecule has 0 bridgehead atoms. The van der Waals surface area contributed by atoms with E-state index >= 15 is 0 Å². The molecule has 0 saturated heterocycles. The Morgan fingerprint density at radius 3 is 2.50 bits per heavy atom. The molecule has 0 atom stereocenters. The van der Waals surface area contributed by atoms with Gasteiger partial charge in [0, 0.05) is 27.2 Å². The van der Waals surface area contributed by atoms with Crippen molar-refractivity contribution in [2.75, 3.05) is 43.9 Å². The normalized spacial score (nSPS) is 10.2. The summed E-state index contributed by atoms with van der Waals surface area (Å²) in [7, 11) is 3.43. The number of rotatable bonds is 7. The number of hydrogen-bond acceptors (Lipinski definition) is 6. The molecular formula is C12H21ClN6O. The minimum Gasteiger partial charge on any atom is -0.354 e. The molecule has 0 unspecified atom stereocenters. The van der Waals surface area contributed by atoms with Crippen molar-refractivity contribution in [3.05, 3.63) is 5.28 Å². The molecule has 7 nitrogen and oxygen atoms in total. The van der Waals surface area contributed by atoms with E-state index in [0.717, 1.165) is 13.0 Å². The highest BCUT2D eigenvalue weighted by Crippen LogP contribution is 2.13. The highest BCUT2D eigenvalue weighted by molar-refractivity contribution is 6.28. The van der Waals surface area contributed by atoms with Crippen molar-refractivity contribution in [2.24, 2.45) is 0 Å². The van der Waals surface area contributed by atoms with Crippen molar-refractivity contribution in [3.63, 3.8) is 0 Å². The number of aromatic nitrogens is 3. The Morgan fingerprint density at radius 1 is 1.25 bits per heavy atom. The van der Waals surface area contributed by atoms with Crippen LogP contribution in [0.4, 0.5) is 11.9 Å². The van der Waals surface area contributed by atoms with Gasteiger partial charge in [-0.15, -0.1) is 0 Å². The molecule has 0 radical (unpaired) electrons. The fraction of sp³-hybridized carbons (Fsp3) is 0.667.